The molecule has 208 valence electrons. The number of carbonyl (C=O) groups is 5. The first-order valence-electron chi connectivity index (χ1n) is 13.7. The van der Waals surface area contributed by atoms with E-state index in [1.807, 2.05) is 6.92 Å². The first-order valence-corrected chi connectivity index (χ1v) is 13.7. The number of carboxylic acids is 3. The van der Waals surface area contributed by atoms with Crippen LogP contribution in [-0.4, -0.2) is 51.0 Å². The molecule has 0 aromatic rings. The normalized spacial score (nSPS) is 12.6. The first-order chi connectivity index (χ1) is 17.2. The van der Waals surface area contributed by atoms with Gasteiger partial charge in [0.25, 0.3) is 0 Å². The van der Waals surface area contributed by atoms with Gasteiger partial charge < -0.3 is 20.6 Å². The van der Waals surface area contributed by atoms with Crippen molar-refractivity contribution in [3.63, 3.8) is 0 Å². The van der Waals surface area contributed by atoms with Crippen LogP contribution in [0, 0.1) is 5.92 Å². The molecule has 0 aliphatic carbocycles. The number of ketones is 1. The van der Waals surface area contributed by atoms with Crippen LogP contribution in [-0.2, 0) is 24.0 Å². The molecular formula is C27H47NO8. The van der Waals surface area contributed by atoms with Gasteiger partial charge in [-0.05, 0) is 25.7 Å². The Bertz CT molecular complexity index is 664. The third kappa shape index (κ3) is 19.8. The molecule has 9 heteroatoms. The molecule has 0 saturated carbocycles. The van der Waals surface area contributed by atoms with Crippen molar-refractivity contribution in [3.8, 4) is 0 Å². The lowest BCUT2D eigenvalue weighted by Gasteiger charge is -2.15. The number of carbonyl (C=O) groups excluding carboxylic acids is 2. The van der Waals surface area contributed by atoms with Crippen molar-refractivity contribution >= 4 is 29.6 Å². The van der Waals surface area contributed by atoms with E-state index in [0.29, 0.717) is 19.3 Å². The molecule has 0 saturated heterocycles. The number of carboxylic acid groups (broad SMARTS) is 3. The van der Waals surface area contributed by atoms with E-state index in [2.05, 4.69) is 5.32 Å². The van der Waals surface area contributed by atoms with E-state index in [0.717, 1.165) is 57.8 Å². The molecule has 0 aromatic heterocycles. The second kappa shape index (κ2) is 21.8. The first kappa shape index (κ1) is 33.5. The fourth-order valence-electron chi connectivity index (χ4n) is 4.17. The third-order valence-corrected chi connectivity index (χ3v) is 6.35. The molecule has 0 fully saturated rings. The average molecular weight is 514 g/mol. The van der Waals surface area contributed by atoms with E-state index >= 15 is 0 Å². The van der Waals surface area contributed by atoms with Crippen molar-refractivity contribution in [3.05, 3.63) is 0 Å². The zero-order valence-corrected chi connectivity index (χ0v) is 22.0. The third-order valence-electron chi connectivity index (χ3n) is 6.35. The van der Waals surface area contributed by atoms with Crippen LogP contribution in [0.3, 0.4) is 0 Å². The van der Waals surface area contributed by atoms with E-state index < -0.39 is 35.8 Å². The van der Waals surface area contributed by atoms with Crippen LogP contribution in [0.4, 0.5) is 0 Å². The Hall–Kier alpha value is -2.45. The molecule has 0 radical (unpaired) electrons. The van der Waals surface area contributed by atoms with Crippen LogP contribution >= 0.6 is 0 Å². The minimum Gasteiger partial charge on any atom is -0.481 e. The van der Waals surface area contributed by atoms with Gasteiger partial charge in [0.05, 0.1) is 5.92 Å². The number of aliphatic carboxylic acids is 3. The molecule has 36 heavy (non-hydrogen) atoms. The van der Waals surface area contributed by atoms with Crippen LogP contribution in [0.5, 0.6) is 0 Å². The monoisotopic (exact) mass is 513 g/mol. The number of amides is 1. The average Bonchev–Trinajstić information content (AvgIpc) is 2.81. The number of nitrogens with one attached hydrogen (secondary N) is 1. The molecule has 2 atom stereocenters. The highest BCUT2D eigenvalue weighted by molar-refractivity contribution is 5.85. The van der Waals surface area contributed by atoms with Gasteiger partial charge in [0.1, 0.15) is 11.8 Å². The van der Waals surface area contributed by atoms with Crippen molar-refractivity contribution in [2.75, 3.05) is 0 Å². The van der Waals surface area contributed by atoms with E-state index in [1.165, 1.54) is 19.3 Å². The molecule has 0 bridgehead atoms. The fourth-order valence-corrected chi connectivity index (χ4v) is 4.17. The summed E-state index contributed by atoms with van der Waals surface area (Å²) in [5.74, 6) is -4.50. The number of rotatable bonds is 25. The van der Waals surface area contributed by atoms with Gasteiger partial charge in [-0.25, -0.2) is 4.79 Å². The lowest BCUT2D eigenvalue weighted by Crippen LogP contribution is -2.40. The maximum absolute atomic E-state index is 12.2. The highest BCUT2D eigenvalue weighted by Gasteiger charge is 2.24. The Morgan fingerprint density at radius 2 is 1.08 bits per heavy atom. The number of hydrogen-bond acceptors (Lipinski definition) is 5. The zero-order chi connectivity index (χ0) is 27.2. The van der Waals surface area contributed by atoms with Crippen molar-refractivity contribution in [2.45, 2.75) is 135 Å². The minimum atomic E-state index is -1.11. The Morgan fingerprint density at radius 1 is 0.611 bits per heavy atom. The lowest BCUT2D eigenvalue weighted by atomic mass is 9.94. The van der Waals surface area contributed by atoms with E-state index in [-0.39, 0.29) is 31.5 Å². The molecule has 0 aromatic carbocycles. The Balaban J connectivity index is 3.85. The topological polar surface area (TPSA) is 158 Å². The summed E-state index contributed by atoms with van der Waals surface area (Å²) in [7, 11) is 0. The predicted molar refractivity (Wildman–Crippen MR) is 137 cm³/mol. The second-order valence-electron chi connectivity index (χ2n) is 9.70. The highest BCUT2D eigenvalue weighted by Crippen LogP contribution is 2.17. The van der Waals surface area contributed by atoms with Crippen LogP contribution < -0.4 is 5.32 Å². The quantitative estimate of drug-likeness (QED) is 0.119. The van der Waals surface area contributed by atoms with Crippen LogP contribution in [0.25, 0.3) is 0 Å². The highest BCUT2D eigenvalue weighted by atomic mass is 16.4. The number of hydrogen-bond donors (Lipinski definition) is 4. The molecule has 9 nitrogen and oxygen atoms in total. The molecule has 0 spiro atoms. The van der Waals surface area contributed by atoms with Crippen molar-refractivity contribution in [1.82, 2.24) is 5.32 Å². The molecule has 4 N–H and O–H groups in total. The summed E-state index contributed by atoms with van der Waals surface area (Å²) in [4.78, 5) is 57.3. The molecule has 1 amide bonds. The van der Waals surface area contributed by atoms with E-state index in [4.69, 9.17) is 10.2 Å². The molecule has 0 aliphatic heterocycles. The van der Waals surface area contributed by atoms with Crippen LogP contribution in [0.1, 0.15) is 129 Å². The lowest BCUT2D eigenvalue weighted by molar-refractivity contribution is -0.145. The van der Waals surface area contributed by atoms with Crippen molar-refractivity contribution < 1.29 is 39.3 Å². The Morgan fingerprint density at radius 3 is 1.50 bits per heavy atom. The van der Waals surface area contributed by atoms with Crippen molar-refractivity contribution in [1.29, 1.82) is 0 Å². The maximum atomic E-state index is 12.2. The summed E-state index contributed by atoms with van der Waals surface area (Å²) >= 11 is 0. The van der Waals surface area contributed by atoms with Gasteiger partial charge in [0, 0.05) is 25.7 Å². The zero-order valence-electron chi connectivity index (χ0n) is 22.0. The Kier molecular flexibility index (Phi) is 20.3. The van der Waals surface area contributed by atoms with Gasteiger partial charge in [0.15, 0.2) is 0 Å². The van der Waals surface area contributed by atoms with Gasteiger partial charge >= 0.3 is 17.9 Å². The van der Waals surface area contributed by atoms with Gasteiger partial charge in [-0.3, -0.25) is 19.2 Å². The van der Waals surface area contributed by atoms with Gasteiger partial charge in [0.2, 0.25) is 5.91 Å². The molecule has 2 unspecified atom stereocenters. The molecule has 0 aliphatic rings. The van der Waals surface area contributed by atoms with Gasteiger partial charge in [-0.1, -0.05) is 77.6 Å². The summed E-state index contributed by atoms with van der Waals surface area (Å²) in [6, 6.07) is -0.978. The Labute approximate surface area is 215 Å². The summed E-state index contributed by atoms with van der Waals surface area (Å²) in [5.41, 5.74) is 0. The fraction of sp³-hybridized carbons (Fsp3) is 0.815. The standard InChI is InChI=1S/C27H47NO8/c1-2-15-23(27(35)36)28-24(30)19-18-21(26(33)34)20-22(29)16-13-11-9-7-5-3-4-6-8-10-12-14-17-25(31)32/h21,23H,2-20H2,1H3,(H,28,30)(H,31,32)(H,33,34)(H,35,36). The second-order valence-corrected chi connectivity index (χ2v) is 9.70. The maximum Gasteiger partial charge on any atom is 0.326 e. The minimum absolute atomic E-state index is 0.00764. The molecular weight excluding hydrogens is 466 g/mol. The molecule has 0 rings (SSSR count). The van der Waals surface area contributed by atoms with Gasteiger partial charge in [-0.2, -0.15) is 0 Å². The smallest absolute Gasteiger partial charge is 0.326 e. The molecule has 0 heterocycles. The van der Waals surface area contributed by atoms with E-state index in [1.54, 1.807) is 0 Å². The van der Waals surface area contributed by atoms with Crippen LogP contribution in [0.15, 0.2) is 0 Å². The largest absolute Gasteiger partial charge is 0.481 e. The number of unbranched alkanes of at least 4 members (excludes halogenated alkanes) is 11. The predicted octanol–water partition coefficient (Wildman–Crippen LogP) is 5.34. The number of Topliss-reactive ketones (excluding diaryl/α,β-unsaturated/α-hetero) is 1. The van der Waals surface area contributed by atoms with Crippen LogP contribution in [0.2, 0.25) is 0 Å². The summed E-state index contributed by atoms with van der Waals surface area (Å²) in [6.07, 6.45) is 13.9. The van der Waals surface area contributed by atoms with Crippen molar-refractivity contribution in [2.24, 2.45) is 5.92 Å². The SMILES string of the molecule is CCCC(NC(=O)CCC(CC(=O)CCCCCCCCCCCCCCC(=O)O)C(=O)O)C(=O)O. The van der Waals surface area contributed by atoms with Gasteiger partial charge in [-0.15, -0.1) is 0 Å². The summed E-state index contributed by atoms with van der Waals surface area (Å²) in [5, 5.41) is 29.5. The summed E-state index contributed by atoms with van der Waals surface area (Å²) < 4.78 is 0. The van der Waals surface area contributed by atoms with E-state index in [9.17, 15) is 29.1 Å². The summed E-state index contributed by atoms with van der Waals surface area (Å²) in [6.45, 7) is 1.81.